The summed E-state index contributed by atoms with van der Waals surface area (Å²) in [5.41, 5.74) is 7.09. The summed E-state index contributed by atoms with van der Waals surface area (Å²) in [6.07, 6.45) is 3.48. The van der Waals surface area contributed by atoms with Crippen molar-refractivity contribution >= 4 is 84.4 Å². The Morgan fingerprint density at radius 1 is 0.337 bits per heavy atom. The van der Waals surface area contributed by atoms with E-state index in [0.717, 1.165) is 75.0 Å². The highest BCUT2D eigenvalue weighted by Gasteiger charge is 2.30. The number of hydrogen-bond donors (Lipinski definition) is 5. The molecule has 5 N–H and O–H groups in total. The highest BCUT2D eigenvalue weighted by molar-refractivity contribution is 5.98. The summed E-state index contributed by atoms with van der Waals surface area (Å²) in [7, 11) is 0. The number of fused-ring (bicyclic) bond motifs is 5. The SMILES string of the molecule is Cc1cn(-c2ccc(F)c(F)c2)c2ccc(C(=O)O)cc12.O=C(O)c1ccc2c(cnn2-c2ccc(C(F)(F)F)cc2)c1.O=C(O)c1ccc2c(cnn2-c2ccc(F)c(F)c2)c1.O=C(O)c1ccc2c(cnn2-c2ccc(F)cc2)c1.O=C(O)c1ccc2c(cnn2-c2cccc(F)c2)c1. The molecule has 0 saturated carbocycles. The summed E-state index contributed by atoms with van der Waals surface area (Å²) in [6.45, 7) is 1.84. The first-order valence-electron chi connectivity index (χ1n) is 29.5. The van der Waals surface area contributed by atoms with Crippen molar-refractivity contribution in [2.45, 2.75) is 13.1 Å². The minimum Gasteiger partial charge on any atom is -0.478 e. The van der Waals surface area contributed by atoms with Crippen molar-refractivity contribution in [2.24, 2.45) is 0 Å². The van der Waals surface area contributed by atoms with Crippen molar-refractivity contribution in [3.63, 3.8) is 0 Å². The Morgan fingerprint density at radius 2 is 0.673 bits per heavy atom. The van der Waals surface area contributed by atoms with Gasteiger partial charge < -0.3 is 30.1 Å². The maximum absolute atomic E-state index is 13.4. The topological polar surface area (TPSA) is 263 Å². The molecule has 0 saturated heterocycles. The Morgan fingerprint density at radius 3 is 1.05 bits per heavy atom. The predicted molar refractivity (Wildman–Crippen MR) is 352 cm³/mol. The lowest BCUT2D eigenvalue weighted by Gasteiger charge is -2.08. The lowest BCUT2D eigenvalue weighted by atomic mass is 10.1. The van der Waals surface area contributed by atoms with Crippen LogP contribution in [0.25, 0.3) is 83.0 Å². The molecule has 15 aromatic rings. The van der Waals surface area contributed by atoms with Gasteiger partial charge in [0.25, 0.3) is 0 Å². The third kappa shape index (κ3) is 15.2. The minimum atomic E-state index is -4.39. The van der Waals surface area contributed by atoms with E-state index in [1.165, 1.54) is 113 Å². The molecule has 5 aromatic heterocycles. The fourth-order valence-electron chi connectivity index (χ4n) is 10.5. The van der Waals surface area contributed by atoms with Gasteiger partial charge in [0.15, 0.2) is 23.3 Å². The van der Waals surface area contributed by atoms with Gasteiger partial charge in [0.1, 0.15) is 11.6 Å². The number of rotatable bonds is 10. The van der Waals surface area contributed by atoms with Gasteiger partial charge in [-0.1, -0.05) is 6.07 Å². The molecule has 0 fully saturated rings. The summed E-state index contributed by atoms with van der Waals surface area (Å²) in [4.78, 5) is 54.6. The zero-order valence-corrected chi connectivity index (χ0v) is 51.6. The predicted octanol–water partition coefficient (Wildman–Crippen LogP) is 16.4. The molecule has 101 heavy (non-hydrogen) atoms. The van der Waals surface area contributed by atoms with Crippen molar-refractivity contribution in [1.29, 1.82) is 0 Å². The Balaban J connectivity index is 0.000000127. The van der Waals surface area contributed by atoms with Crippen molar-refractivity contribution < 1.29 is 89.0 Å². The average Bonchev–Trinajstić information content (AvgIpc) is 1.68. The van der Waals surface area contributed by atoms with Crippen LogP contribution in [0.2, 0.25) is 0 Å². The number of carboxylic acid groups (broad SMARTS) is 5. The molecular weight excluding hydrogens is 1330 g/mol. The summed E-state index contributed by atoms with van der Waals surface area (Å²) in [6, 6.07) is 46.9. The lowest BCUT2D eigenvalue weighted by molar-refractivity contribution is -0.137. The van der Waals surface area contributed by atoms with Gasteiger partial charge in [0, 0.05) is 50.9 Å². The second-order valence-electron chi connectivity index (χ2n) is 22.0. The summed E-state index contributed by atoms with van der Waals surface area (Å²) in [5.74, 6) is -9.43. The van der Waals surface area contributed by atoms with Crippen LogP contribution in [0.1, 0.15) is 62.9 Å². The average molecular weight is 1380 g/mol. The number of halogens is 9. The minimum absolute atomic E-state index is 0.125. The lowest BCUT2D eigenvalue weighted by Crippen LogP contribution is -2.05. The number of hydrogen-bond acceptors (Lipinski definition) is 9. The monoisotopic (exact) mass is 1380 g/mol. The Labute approximate surface area is 561 Å². The Bertz CT molecular complexity index is 5710. The van der Waals surface area contributed by atoms with Gasteiger partial charge in [-0.2, -0.15) is 33.6 Å². The number of carboxylic acids is 5. The molecule has 0 aliphatic carbocycles. The molecule has 28 heteroatoms. The number of carbonyl (C=O) groups is 5. The molecule has 19 nitrogen and oxygen atoms in total. The van der Waals surface area contributed by atoms with E-state index >= 15 is 0 Å². The fraction of sp³-hybridized carbons (Fsp3) is 0.0274. The maximum Gasteiger partial charge on any atom is 0.416 e. The van der Waals surface area contributed by atoms with Crippen molar-refractivity contribution in [2.75, 3.05) is 0 Å². The second kappa shape index (κ2) is 28.6. The third-order valence-electron chi connectivity index (χ3n) is 15.4. The van der Waals surface area contributed by atoms with Crippen LogP contribution < -0.4 is 0 Å². The number of benzene rings is 10. The van der Waals surface area contributed by atoms with Crippen LogP contribution in [0, 0.1) is 41.8 Å². The molecule has 15 rings (SSSR count). The Hall–Kier alpha value is -13.7. The molecule has 0 aliphatic heterocycles. The Kier molecular flexibility index (Phi) is 19.4. The molecule has 506 valence electrons. The molecular formula is C73H46F9N9O10. The van der Waals surface area contributed by atoms with Gasteiger partial charge in [-0.15, -0.1) is 0 Å². The molecule has 0 unspecified atom stereocenters. The standard InChI is InChI=1S/C16H11F2NO2.C15H9F3N2O2.C14H8F2N2O2.2C14H9FN2O2/c1-9-8-19(11-3-4-13(17)14(18)7-11)15-5-2-10(16(20)21)6-12(9)15;16-15(17,18)11-2-4-12(5-3-11)20-13-6-1-9(14(21)22)7-10(13)8-19-20;15-11-3-2-10(6-12(11)16)18-13-4-1-8(14(19)20)5-9(13)7-17-18;15-11-2-4-12(5-3-11)17-13-6-1-9(14(18)19)7-10(13)8-16-17;15-11-2-1-3-12(7-11)17-13-5-4-9(14(18)19)6-10(13)8-16-17/h2-8H,1H3,(H,20,21);1-8H,(H,21,22);1-7H,(H,19,20);2*1-8H,(H,18,19). The van der Waals surface area contributed by atoms with Gasteiger partial charge in [0.2, 0.25) is 0 Å². The smallest absolute Gasteiger partial charge is 0.416 e. The summed E-state index contributed by atoms with van der Waals surface area (Å²) < 4.78 is 124. The highest BCUT2D eigenvalue weighted by atomic mass is 19.4. The second-order valence-corrected chi connectivity index (χ2v) is 22.0. The summed E-state index contributed by atoms with van der Waals surface area (Å²) in [5, 5.41) is 64.7. The number of aryl methyl sites for hydroxylation is 1. The van der Waals surface area contributed by atoms with Crippen molar-refractivity contribution in [1.82, 2.24) is 43.7 Å². The van der Waals surface area contributed by atoms with E-state index in [0.29, 0.717) is 49.9 Å². The van der Waals surface area contributed by atoms with Crippen LogP contribution >= 0.6 is 0 Å². The number of alkyl halides is 3. The third-order valence-corrected chi connectivity index (χ3v) is 15.4. The van der Waals surface area contributed by atoms with Gasteiger partial charge in [-0.3, -0.25) is 0 Å². The molecule has 0 spiro atoms. The zero-order chi connectivity index (χ0) is 72.1. The van der Waals surface area contributed by atoms with E-state index in [4.69, 9.17) is 25.5 Å². The fourth-order valence-corrected chi connectivity index (χ4v) is 10.5. The van der Waals surface area contributed by atoms with Gasteiger partial charge >= 0.3 is 36.0 Å². The maximum atomic E-state index is 13.4. The van der Waals surface area contributed by atoms with Gasteiger partial charge in [0.05, 0.1) is 109 Å². The molecule has 5 heterocycles. The van der Waals surface area contributed by atoms with Crippen LogP contribution in [0.15, 0.2) is 231 Å². The first-order chi connectivity index (χ1) is 48.2. The molecule has 0 amide bonds. The normalized spacial score (nSPS) is 11.1. The van der Waals surface area contributed by atoms with Crippen molar-refractivity contribution in [3.8, 4) is 28.4 Å². The van der Waals surface area contributed by atoms with Crippen LogP contribution in [0.4, 0.5) is 39.5 Å². The number of nitrogens with zero attached hydrogens (tertiary/aromatic N) is 9. The van der Waals surface area contributed by atoms with E-state index in [9.17, 15) is 63.5 Å². The molecule has 0 atom stereocenters. The zero-order valence-electron chi connectivity index (χ0n) is 51.6. The molecule has 10 aromatic carbocycles. The first-order valence-corrected chi connectivity index (χ1v) is 29.5. The quantitative estimate of drug-likeness (QED) is 0.0798. The largest absolute Gasteiger partial charge is 0.478 e. The van der Waals surface area contributed by atoms with Crippen LogP contribution in [0.3, 0.4) is 0 Å². The van der Waals surface area contributed by atoms with E-state index in [1.807, 2.05) is 6.92 Å². The van der Waals surface area contributed by atoms with Gasteiger partial charge in [-0.25, -0.2) is 69.0 Å². The molecule has 0 bridgehead atoms. The number of aromatic nitrogens is 9. The highest BCUT2D eigenvalue weighted by Crippen LogP contribution is 2.32. The van der Waals surface area contributed by atoms with E-state index in [1.54, 1.807) is 105 Å². The van der Waals surface area contributed by atoms with Crippen molar-refractivity contribution in [3.05, 3.63) is 305 Å². The number of aromatic carboxylic acids is 5. The van der Waals surface area contributed by atoms with Crippen LogP contribution in [-0.2, 0) is 6.18 Å². The van der Waals surface area contributed by atoms with Crippen LogP contribution in [-0.4, -0.2) is 99.1 Å². The molecule has 0 radical (unpaired) electrons. The summed E-state index contributed by atoms with van der Waals surface area (Å²) >= 11 is 0. The molecule has 0 aliphatic rings. The van der Waals surface area contributed by atoms with E-state index in [2.05, 4.69) is 20.4 Å². The first kappa shape index (κ1) is 68.7. The van der Waals surface area contributed by atoms with Gasteiger partial charge in [-0.05, 0) is 194 Å². The van der Waals surface area contributed by atoms with E-state index < -0.39 is 64.9 Å². The van der Waals surface area contributed by atoms with E-state index in [-0.39, 0.29) is 39.5 Å². The van der Waals surface area contributed by atoms with Crippen LogP contribution in [0.5, 0.6) is 0 Å².